The summed E-state index contributed by atoms with van der Waals surface area (Å²) in [5, 5.41) is 8.60. The average molecular weight is 324 g/mol. The molecule has 22 heavy (non-hydrogen) atoms. The number of rotatable bonds is 8. The van der Waals surface area contributed by atoms with Crippen LogP contribution in [0.15, 0.2) is 42.6 Å². The fraction of sp³-hybridized carbons (Fsp3) is 0.353. The van der Waals surface area contributed by atoms with Crippen LogP contribution in [0.4, 0.5) is 5.69 Å². The Balaban J connectivity index is 0.00000242. The summed E-state index contributed by atoms with van der Waals surface area (Å²) in [6.07, 6.45) is 7.68. The quantitative estimate of drug-likeness (QED) is 0.461. The van der Waals surface area contributed by atoms with Crippen LogP contribution in [0.2, 0.25) is 0 Å². The Labute approximate surface area is 174 Å². The van der Waals surface area contributed by atoms with E-state index in [4.69, 9.17) is 9.94 Å². The number of aryl methyl sites for hydroxylation is 1. The number of hydrogen-bond acceptors (Lipinski definition) is 3. The molecule has 1 N–H and O–H groups in total. The first-order valence-electron chi connectivity index (χ1n) is 7.40. The zero-order valence-corrected chi connectivity index (χ0v) is 16.4. The maximum Gasteiger partial charge on any atom is 1.00 e. The van der Waals surface area contributed by atoms with Crippen LogP contribution in [-0.4, -0.2) is 10.2 Å². The first-order valence-corrected chi connectivity index (χ1v) is 7.40. The monoisotopic (exact) mass is 324 g/mol. The van der Waals surface area contributed by atoms with Crippen LogP contribution in [0.3, 0.4) is 0 Å². The number of ether oxygens (including phenoxy) is 1. The standard InChI is InChI=1S/C17H21N2O2.K/c1-2-3-4-5-6-14-7-10-16(11-8-14)21-17-12-9-15(19-20)13-18-17;/h7-13,20H,2-6H2,1H3;/q-1;+1. The normalized spacial score (nSPS) is 9.91. The molecule has 4 nitrogen and oxygen atoms in total. The van der Waals surface area contributed by atoms with Gasteiger partial charge in [-0.25, -0.2) is 4.98 Å². The molecule has 0 aliphatic rings. The molecule has 0 saturated heterocycles. The van der Waals surface area contributed by atoms with Crippen molar-refractivity contribution >= 4 is 5.69 Å². The fourth-order valence-corrected chi connectivity index (χ4v) is 2.09. The van der Waals surface area contributed by atoms with Crippen molar-refractivity contribution in [2.75, 3.05) is 0 Å². The van der Waals surface area contributed by atoms with Crippen molar-refractivity contribution in [1.29, 1.82) is 0 Å². The van der Waals surface area contributed by atoms with Crippen LogP contribution >= 0.6 is 0 Å². The molecule has 1 aromatic carbocycles. The molecule has 0 atom stereocenters. The van der Waals surface area contributed by atoms with Crippen LogP contribution in [0.5, 0.6) is 11.6 Å². The van der Waals surface area contributed by atoms with Crippen LogP contribution in [0.1, 0.15) is 38.2 Å². The maximum absolute atomic E-state index is 8.60. The molecule has 0 amide bonds. The van der Waals surface area contributed by atoms with Crippen LogP contribution in [0.25, 0.3) is 5.48 Å². The Morgan fingerprint density at radius 1 is 1.05 bits per heavy atom. The molecule has 0 fully saturated rings. The topological polar surface area (TPSA) is 56.5 Å². The second-order valence-electron chi connectivity index (χ2n) is 5.01. The molecule has 5 heteroatoms. The zero-order chi connectivity index (χ0) is 14.9. The predicted octanol–water partition coefficient (Wildman–Crippen LogP) is 2.40. The molecule has 0 aliphatic heterocycles. The minimum atomic E-state index is 0. The van der Waals surface area contributed by atoms with E-state index in [1.54, 1.807) is 12.1 Å². The van der Waals surface area contributed by atoms with E-state index in [-0.39, 0.29) is 51.4 Å². The van der Waals surface area contributed by atoms with E-state index in [1.165, 1.54) is 37.4 Å². The molecule has 1 heterocycles. The molecule has 0 spiro atoms. The van der Waals surface area contributed by atoms with Gasteiger partial charge in [-0.1, -0.05) is 44.4 Å². The Bertz CT molecular complexity index is 529. The van der Waals surface area contributed by atoms with Gasteiger partial charge in [0.05, 0.1) is 0 Å². The molecular formula is C17H21KN2O2. The molecule has 2 aromatic rings. The van der Waals surface area contributed by atoms with Crippen molar-refractivity contribution in [3.05, 3.63) is 53.6 Å². The van der Waals surface area contributed by atoms with Crippen molar-refractivity contribution in [1.82, 2.24) is 4.98 Å². The summed E-state index contributed by atoms with van der Waals surface area (Å²) < 4.78 is 5.64. The van der Waals surface area contributed by atoms with E-state index < -0.39 is 0 Å². The fourth-order valence-electron chi connectivity index (χ4n) is 2.09. The van der Waals surface area contributed by atoms with Gasteiger partial charge in [0, 0.05) is 6.20 Å². The van der Waals surface area contributed by atoms with Crippen molar-refractivity contribution in [2.24, 2.45) is 0 Å². The first-order chi connectivity index (χ1) is 10.3. The van der Waals surface area contributed by atoms with E-state index in [2.05, 4.69) is 29.5 Å². The molecule has 0 saturated carbocycles. The molecule has 2 rings (SSSR count). The van der Waals surface area contributed by atoms with Crippen LogP contribution in [0, 0.1) is 0 Å². The molecular weight excluding hydrogens is 303 g/mol. The van der Waals surface area contributed by atoms with Gasteiger partial charge < -0.3 is 15.4 Å². The van der Waals surface area contributed by atoms with Crippen LogP contribution < -0.4 is 56.1 Å². The zero-order valence-electron chi connectivity index (χ0n) is 13.3. The molecule has 0 bridgehead atoms. The largest absolute Gasteiger partial charge is 1.00 e. The Morgan fingerprint density at radius 3 is 2.41 bits per heavy atom. The van der Waals surface area contributed by atoms with Crippen LogP contribution in [-0.2, 0) is 6.42 Å². The third kappa shape index (κ3) is 6.77. The predicted molar refractivity (Wildman–Crippen MR) is 83.4 cm³/mol. The summed E-state index contributed by atoms with van der Waals surface area (Å²) in [5.41, 5.74) is 4.80. The summed E-state index contributed by atoms with van der Waals surface area (Å²) in [5.74, 6) is 1.24. The molecule has 0 unspecified atom stereocenters. The summed E-state index contributed by atoms with van der Waals surface area (Å²) in [7, 11) is 0. The first kappa shape index (κ1) is 19.6. The Kier molecular flexibility index (Phi) is 9.95. The summed E-state index contributed by atoms with van der Waals surface area (Å²) in [4.78, 5) is 4.06. The van der Waals surface area contributed by atoms with Gasteiger partial charge in [-0.15, -0.1) is 5.69 Å². The van der Waals surface area contributed by atoms with E-state index >= 15 is 0 Å². The number of nitrogens with zero attached hydrogens (tertiary/aromatic N) is 2. The second-order valence-corrected chi connectivity index (χ2v) is 5.01. The summed E-state index contributed by atoms with van der Waals surface area (Å²) in [6, 6.07) is 11.4. The smallest absolute Gasteiger partial charge is 0.564 e. The van der Waals surface area contributed by atoms with Crippen molar-refractivity contribution in [2.45, 2.75) is 39.0 Å². The van der Waals surface area contributed by atoms with Gasteiger partial charge in [0.25, 0.3) is 0 Å². The Hall–Kier alpha value is -0.434. The van der Waals surface area contributed by atoms with Gasteiger partial charge in [0.2, 0.25) is 5.88 Å². The second kappa shape index (κ2) is 11.2. The third-order valence-electron chi connectivity index (χ3n) is 3.30. The van der Waals surface area contributed by atoms with Crippen molar-refractivity contribution < 1.29 is 61.3 Å². The number of aromatic nitrogens is 1. The number of unbranched alkanes of at least 4 members (excludes halogenated alkanes) is 3. The van der Waals surface area contributed by atoms with Gasteiger partial charge in [-0.2, -0.15) is 0 Å². The molecule has 0 aliphatic carbocycles. The number of hydrogen-bond donors (Lipinski definition) is 1. The number of benzene rings is 1. The average Bonchev–Trinajstić information content (AvgIpc) is 2.54. The van der Waals surface area contributed by atoms with Crippen molar-refractivity contribution in [3.63, 3.8) is 0 Å². The minimum absolute atomic E-state index is 0. The molecule has 112 valence electrons. The van der Waals surface area contributed by atoms with Crippen molar-refractivity contribution in [3.8, 4) is 11.6 Å². The SMILES string of the molecule is CCCCCCc1ccc(Oc2ccc([N-]O)cn2)cc1.[K+]. The summed E-state index contributed by atoms with van der Waals surface area (Å²) >= 11 is 0. The maximum atomic E-state index is 8.60. The van der Waals surface area contributed by atoms with Gasteiger partial charge in [-0.3, -0.25) is 0 Å². The van der Waals surface area contributed by atoms with Gasteiger partial charge >= 0.3 is 51.4 Å². The third-order valence-corrected chi connectivity index (χ3v) is 3.30. The number of pyridine rings is 1. The van der Waals surface area contributed by atoms with E-state index in [0.717, 1.165) is 12.2 Å². The van der Waals surface area contributed by atoms with Gasteiger partial charge in [0.15, 0.2) is 0 Å². The van der Waals surface area contributed by atoms with Gasteiger partial charge in [0.1, 0.15) is 5.75 Å². The summed E-state index contributed by atoms with van der Waals surface area (Å²) in [6.45, 7) is 2.22. The minimum Gasteiger partial charge on any atom is -0.564 e. The molecule has 1 aromatic heterocycles. The van der Waals surface area contributed by atoms with E-state index in [9.17, 15) is 0 Å². The van der Waals surface area contributed by atoms with Gasteiger partial charge in [-0.05, 0) is 36.6 Å². The molecule has 0 radical (unpaired) electrons. The Morgan fingerprint density at radius 2 is 1.82 bits per heavy atom. The van der Waals surface area contributed by atoms with E-state index in [0.29, 0.717) is 11.6 Å². The van der Waals surface area contributed by atoms with E-state index in [1.807, 2.05) is 12.1 Å².